The summed E-state index contributed by atoms with van der Waals surface area (Å²) in [4.78, 5) is 16.1. The standard InChI is InChI=1S/C21H22ClN3O2S/c1-4-12(3)13-7-9-18-17(10-13)23-20(27-18)14-6-8-15(22)16(11-14)24-21(28)25-19(26)5-2/h6-12H,4-5H2,1-3H3,(H2,24,25,26,28)/t12-/m0/s1. The number of nitrogens with zero attached hydrogens (tertiary/aromatic N) is 1. The maximum atomic E-state index is 11.5. The molecule has 0 saturated heterocycles. The summed E-state index contributed by atoms with van der Waals surface area (Å²) in [6.45, 7) is 6.11. The summed E-state index contributed by atoms with van der Waals surface area (Å²) < 4.78 is 5.92. The average Bonchev–Trinajstić information content (AvgIpc) is 3.12. The van der Waals surface area contributed by atoms with Gasteiger partial charge in [-0.3, -0.25) is 4.79 Å². The molecule has 0 unspecified atom stereocenters. The lowest BCUT2D eigenvalue weighted by Crippen LogP contribution is -2.33. The van der Waals surface area contributed by atoms with Crippen LogP contribution in [0.2, 0.25) is 5.02 Å². The van der Waals surface area contributed by atoms with Gasteiger partial charge in [-0.15, -0.1) is 0 Å². The zero-order valence-electron chi connectivity index (χ0n) is 16.0. The minimum absolute atomic E-state index is 0.166. The number of nitrogens with one attached hydrogen (secondary N) is 2. The molecule has 0 spiro atoms. The number of benzene rings is 2. The molecule has 0 radical (unpaired) electrons. The molecule has 2 N–H and O–H groups in total. The number of thiocarbonyl (C=S) groups is 1. The fourth-order valence-corrected chi connectivity index (χ4v) is 3.12. The van der Waals surface area contributed by atoms with Gasteiger partial charge in [0.05, 0.1) is 10.7 Å². The van der Waals surface area contributed by atoms with Crippen LogP contribution in [0.3, 0.4) is 0 Å². The number of amides is 1. The molecule has 1 amide bonds. The van der Waals surface area contributed by atoms with E-state index < -0.39 is 0 Å². The number of oxazole rings is 1. The maximum absolute atomic E-state index is 11.5. The van der Waals surface area contributed by atoms with Crippen LogP contribution in [0.25, 0.3) is 22.6 Å². The monoisotopic (exact) mass is 415 g/mol. The van der Waals surface area contributed by atoms with E-state index in [-0.39, 0.29) is 11.0 Å². The predicted octanol–water partition coefficient (Wildman–Crippen LogP) is 5.88. The van der Waals surface area contributed by atoms with Gasteiger partial charge in [0.15, 0.2) is 10.7 Å². The summed E-state index contributed by atoms with van der Waals surface area (Å²) in [6, 6.07) is 11.5. The minimum Gasteiger partial charge on any atom is -0.436 e. The van der Waals surface area contributed by atoms with Gasteiger partial charge in [0.25, 0.3) is 0 Å². The molecule has 7 heteroatoms. The van der Waals surface area contributed by atoms with Gasteiger partial charge in [-0.2, -0.15) is 0 Å². The van der Waals surface area contributed by atoms with Crippen LogP contribution in [-0.2, 0) is 4.79 Å². The van der Waals surface area contributed by atoms with Crippen LogP contribution in [0.15, 0.2) is 40.8 Å². The Bertz CT molecular complexity index is 1030. The Kier molecular flexibility index (Phi) is 6.31. The number of carbonyl (C=O) groups is 1. The Morgan fingerprint density at radius 3 is 2.75 bits per heavy atom. The van der Waals surface area contributed by atoms with Crippen molar-refractivity contribution in [2.75, 3.05) is 5.32 Å². The van der Waals surface area contributed by atoms with Gasteiger partial charge in [-0.25, -0.2) is 4.98 Å². The number of hydrogen-bond donors (Lipinski definition) is 2. The first kappa shape index (κ1) is 20.3. The summed E-state index contributed by atoms with van der Waals surface area (Å²) in [7, 11) is 0. The fraction of sp³-hybridized carbons (Fsp3) is 0.286. The van der Waals surface area contributed by atoms with Crippen molar-refractivity contribution in [2.24, 2.45) is 0 Å². The first-order valence-corrected chi connectivity index (χ1v) is 10.0. The van der Waals surface area contributed by atoms with Crippen molar-refractivity contribution in [3.63, 3.8) is 0 Å². The second-order valence-corrected chi connectivity index (χ2v) is 7.42. The summed E-state index contributed by atoms with van der Waals surface area (Å²) in [5, 5.41) is 6.22. The van der Waals surface area contributed by atoms with Crippen molar-refractivity contribution >= 4 is 51.6 Å². The fourth-order valence-electron chi connectivity index (χ4n) is 2.73. The van der Waals surface area contributed by atoms with Gasteiger partial charge in [0.2, 0.25) is 11.8 Å². The highest BCUT2D eigenvalue weighted by atomic mass is 35.5. The summed E-state index contributed by atoms with van der Waals surface area (Å²) >= 11 is 11.4. The molecule has 3 rings (SSSR count). The van der Waals surface area contributed by atoms with Gasteiger partial charge >= 0.3 is 0 Å². The highest BCUT2D eigenvalue weighted by molar-refractivity contribution is 7.80. The van der Waals surface area contributed by atoms with Crippen molar-refractivity contribution in [1.82, 2.24) is 10.3 Å². The van der Waals surface area contributed by atoms with Gasteiger partial charge in [0.1, 0.15) is 5.52 Å². The van der Waals surface area contributed by atoms with Gasteiger partial charge in [-0.05, 0) is 60.5 Å². The van der Waals surface area contributed by atoms with Crippen LogP contribution in [0, 0.1) is 0 Å². The first-order valence-electron chi connectivity index (χ1n) is 9.22. The number of fused-ring (bicyclic) bond motifs is 1. The molecule has 1 aromatic heterocycles. The normalized spacial score (nSPS) is 12.0. The largest absolute Gasteiger partial charge is 0.436 e. The van der Waals surface area contributed by atoms with Crippen molar-refractivity contribution in [3.05, 3.63) is 47.0 Å². The Hall–Kier alpha value is -2.44. The molecule has 3 aromatic rings. The molecule has 0 aliphatic carbocycles. The van der Waals surface area contributed by atoms with Crippen LogP contribution < -0.4 is 10.6 Å². The third-order valence-electron chi connectivity index (χ3n) is 4.63. The lowest BCUT2D eigenvalue weighted by Gasteiger charge is -2.11. The zero-order chi connectivity index (χ0) is 20.3. The summed E-state index contributed by atoms with van der Waals surface area (Å²) in [5.74, 6) is 0.801. The van der Waals surface area contributed by atoms with Crippen LogP contribution in [-0.4, -0.2) is 16.0 Å². The minimum atomic E-state index is -0.166. The van der Waals surface area contributed by atoms with E-state index in [0.29, 0.717) is 28.9 Å². The number of aromatic nitrogens is 1. The van der Waals surface area contributed by atoms with E-state index in [1.807, 2.05) is 12.1 Å². The van der Waals surface area contributed by atoms with Crippen molar-refractivity contribution in [3.8, 4) is 11.5 Å². The number of carbonyl (C=O) groups excluding carboxylic acids is 1. The quantitative estimate of drug-likeness (QED) is 0.509. The van der Waals surface area contributed by atoms with Crippen LogP contribution in [0.1, 0.15) is 45.1 Å². The maximum Gasteiger partial charge on any atom is 0.227 e. The SMILES string of the molecule is CCC(=O)NC(=S)Nc1cc(-c2nc3cc([C@@H](C)CC)ccc3o2)ccc1Cl. The topological polar surface area (TPSA) is 67.2 Å². The second-order valence-electron chi connectivity index (χ2n) is 6.61. The van der Waals surface area contributed by atoms with Crippen molar-refractivity contribution in [2.45, 2.75) is 39.5 Å². The molecule has 1 heterocycles. The Labute approximate surface area is 174 Å². The van der Waals surface area contributed by atoms with Crippen molar-refractivity contribution in [1.29, 1.82) is 0 Å². The lowest BCUT2D eigenvalue weighted by molar-refractivity contribution is -0.119. The van der Waals surface area contributed by atoms with Crippen LogP contribution in [0.4, 0.5) is 5.69 Å². The summed E-state index contributed by atoms with van der Waals surface area (Å²) in [5.41, 5.74) is 4.13. The number of halogens is 1. The number of hydrogen-bond acceptors (Lipinski definition) is 4. The third-order valence-corrected chi connectivity index (χ3v) is 5.16. The van der Waals surface area contributed by atoms with E-state index in [2.05, 4.69) is 41.6 Å². The van der Waals surface area contributed by atoms with E-state index in [9.17, 15) is 4.79 Å². The Morgan fingerprint density at radius 1 is 1.25 bits per heavy atom. The molecule has 5 nitrogen and oxygen atoms in total. The van der Waals surface area contributed by atoms with E-state index in [4.69, 9.17) is 28.2 Å². The Morgan fingerprint density at radius 2 is 2.04 bits per heavy atom. The van der Waals surface area contributed by atoms with E-state index >= 15 is 0 Å². The van der Waals surface area contributed by atoms with Gasteiger partial charge in [-0.1, -0.05) is 38.4 Å². The first-order chi connectivity index (χ1) is 13.4. The zero-order valence-corrected chi connectivity index (χ0v) is 17.6. The molecule has 0 aliphatic heterocycles. The molecule has 0 bridgehead atoms. The number of anilines is 1. The molecule has 0 saturated carbocycles. The van der Waals surface area contributed by atoms with Crippen LogP contribution >= 0.6 is 23.8 Å². The van der Waals surface area contributed by atoms with E-state index in [1.165, 1.54) is 5.56 Å². The molecule has 2 aromatic carbocycles. The molecule has 0 aliphatic rings. The molecule has 0 fully saturated rings. The average molecular weight is 416 g/mol. The molecule has 1 atom stereocenters. The second kappa shape index (κ2) is 8.71. The molecular weight excluding hydrogens is 394 g/mol. The third kappa shape index (κ3) is 4.51. The smallest absolute Gasteiger partial charge is 0.227 e. The van der Waals surface area contributed by atoms with Gasteiger partial charge < -0.3 is 15.1 Å². The highest BCUT2D eigenvalue weighted by Crippen LogP contribution is 2.31. The lowest BCUT2D eigenvalue weighted by atomic mass is 9.98. The molecule has 28 heavy (non-hydrogen) atoms. The van der Waals surface area contributed by atoms with Gasteiger partial charge in [0, 0.05) is 12.0 Å². The summed E-state index contributed by atoms with van der Waals surface area (Å²) in [6.07, 6.45) is 1.41. The Balaban J connectivity index is 1.89. The van der Waals surface area contributed by atoms with Crippen LogP contribution in [0.5, 0.6) is 0 Å². The van der Waals surface area contributed by atoms with E-state index in [0.717, 1.165) is 23.1 Å². The molecular formula is C21H22ClN3O2S. The van der Waals surface area contributed by atoms with Crippen molar-refractivity contribution < 1.29 is 9.21 Å². The predicted molar refractivity (Wildman–Crippen MR) is 118 cm³/mol. The highest BCUT2D eigenvalue weighted by Gasteiger charge is 2.13. The van der Waals surface area contributed by atoms with E-state index in [1.54, 1.807) is 19.1 Å². The number of rotatable bonds is 5. The molecule has 146 valence electrons.